The predicted octanol–water partition coefficient (Wildman–Crippen LogP) is 1.92. The van der Waals surface area contributed by atoms with E-state index in [-0.39, 0.29) is 10.9 Å². The maximum atomic E-state index is 11.3. The first kappa shape index (κ1) is 12.5. The van der Waals surface area contributed by atoms with Crippen molar-refractivity contribution < 1.29 is 8.42 Å². The van der Waals surface area contributed by atoms with Gasteiger partial charge in [-0.3, -0.25) is 0 Å². The van der Waals surface area contributed by atoms with Crippen molar-refractivity contribution >= 4 is 31.6 Å². The Bertz CT molecular complexity index is 457. The molecule has 0 atom stereocenters. The largest absolute Gasteiger partial charge is 0.382 e. The van der Waals surface area contributed by atoms with Crippen molar-refractivity contribution in [3.63, 3.8) is 0 Å². The van der Waals surface area contributed by atoms with Gasteiger partial charge < -0.3 is 5.32 Å². The SMILES string of the molecule is CC(C)Nc1ccc(Br)cc1S(N)(=O)=O. The monoisotopic (exact) mass is 292 g/mol. The van der Waals surface area contributed by atoms with Gasteiger partial charge in [0, 0.05) is 10.5 Å². The maximum Gasteiger partial charge on any atom is 0.240 e. The van der Waals surface area contributed by atoms with Crippen molar-refractivity contribution in [2.24, 2.45) is 5.14 Å². The summed E-state index contributed by atoms with van der Waals surface area (Å²) in [6, 6.07) is 5.08. The molecule has 1 aromatic carbocycles. The second kappa shape index (κ2) is 4.51. The van der Waals surface area contributed by atoms with E-state index in [1.807, 2.05) is 13.8 Å². The summed E-state index contributed by atoms with van der Waals surface area (Å²) in [7, 11) is -3.69. The van der Waals surface area contributed by atoms with Crippen molar-refractivity contribution in [2.75, 3.05) is 5.32 Å². The number of nitrogens with two attached hydrogens (primary N) is 1. The Labute approximate surface area is 98.0 Å². The van der Waals surface area contributed by atoms with Crippen LogP contribution in [0.4, 0.5) is 5.69 Å². The summed E-state index contributed by atoms with van der Waals surface area (Å²) in [5.41, 5.74) is 0.524. The van der Waals surface area contributed by atoms with E-state index in [0.717, 1.165) is 0 Å². The van der Waals surface area contributed by atoms with Crippen molar-refractivity contribution in [1.29, 1.82) is 0 Å². The lowest BCUT2D eigenvalue weighted by Crippen LogP contribution is -2.17. The van der Waals surface area contributed by atoms with Crippen LogP contribution in [0.1, 0.15) is 13.8 Å². The lowest BCUT2D eigenvalue weighted by molar-refractivity contribution is 0.598. The summed E-state index contributed by atoms with van der Waals surface area (Å²) in [6.45, 7) is 3.85. The smallest absolute Gasteiger partial charge is 0.240 e. The Morgan fingerprint density at radius 1 is 1.40 bits per heavy atom. The number of nitrogens with one attached hydrogen (secondary N) is 1. The van der Waals surface area contributed by atoms with Crippen molar-refractivity contribution in [1.82, 2.24) is 0 Å². The average Bonchev–Trinajstić information content (AvgIpc) is 2.05. The number of sulfonamides is 1. The zero-order valence-corrected chi connectivity index (χ0v) is 10.9. The zero-order valence-electron chi connectivity index (χ0n) is 8.49. The third kappa shape index (κ3) is 3.48. The van der Waals surface area contributed by atoms with E-state index in [1.165, 1.54) is 6.07 Å². The Kier molecular flexibility index (Phi) is 3.75. The molecule has 0 aliphatic carbocycles. The Hall–Kier alpha value is -0.590. The molecule has 0 saturated carbocycles. The normalized spacial score (nSPS) is 11.8. The molecule has 0 radical (unpaired) electrons. The molecule has 1 aromatic rings. The minimum Gasteiger partial charge on any atom is -0.382 e. The molecule has 0 unspecified atom stereocenters. The van der Waals surface area contributed by atoms with Gasteiger partial charge in [0.2, 0.25) is 10.0 Å². The minimum absolute atomic E-state index is 0.102. The van der Waals surface area contributed by atoms with Crippen LogP contribution in [0.15, 0.2) is 27.6 Å². The summed E-state index contributed by atoms with van der Waals surface area (Å²) in [4.78, 5) is 0.102. The Morgan fingerprint density at radius 2 is 2.00 bits per heavy atom. The van der Waals surface area contributed by atoms with Crippen LogP contribution in [-0.4, -0.2) is 14.5 Å². The van der Waals surface area contributed by atoms with Gasteiger partial charge in [0.1, 0.15) is 4.90 Å². The first-order valence-corrected chi connectivity index (χ1v) is 6.73. The van der Waals surface area contributed by atoms with Crippen LogP contribution >= 0.6 is 15.9 Å². The third-order valence-corrected chi connectivity index (χ3v) is 3.14. The first-order valence-electron chi connectivity index (χ1n) is 4.39. The van der Waals surface area contributed by atoms with Gasteiger partial charge in [-0.1, -0.05) is 15.9 Å². The van der Waals surface area contributed by atoms with Gasteiger partial charge in [-0.25, -0.2) is 13.6 Å². The van der Waals surface area contributed by atoms with Crippen molar-refractivity contribution in [2.45, 2.75) is 24.8 Å². The quantitative estimate of drug-likeness (QED) is 0.894. The van der Waals surface area contributed by atoms with Crippen molar-refractivity contribution in [3.05, 3.63) is 22.7 Å². The first-order chi connectivity index (χ1) is 6.80. The van der Waals surface area contributed by atoms with Gasteiger partial charge in [0.05, 0.1) is 5.69 Å². The van der Waals surface area contributed by atoms with E-state index in [1.54, 1.807) is 12.1 Å². The van der Waals surface area contributed by atoms with Crippen LogP contribution < -0.4 is 10.5 Å². The fourth-order valence-corrected chi connectivity index (χ4v) is 2.40. The molecule has 84 valence electrons. The van der Waals surface area contributed by atoms with Crippen molar-refractivity contribution in [3.8, 4) is 0 Å². The van der Waals surface area contributed by atoms with Gasteiger partial charge in [0.25, 0.3) is 0 Å². The van der Waals surface area contributed by atoms with E-state index in [0.29, 0.717) is 10.2 Å². The molecule has 0 saturated heterocycles. The number of primary sulfonamides is 1. The standard InChI is InChI=1S/C9H13BrN2O2S/c1-6(2)12-8-4-3-7(10)5-9(8)15(11,13)14/h3-6,12H,1-2H3,(H2,11,13,14). The zero-order chi connectivity index (χ0) is 11.6. The van der Waals surface area contributed by atoms with Gasteiger partial charge in [-0.2, -0.15) is 0 Å². The highest BCUT2D eigenvalue weighted by molar-refractivity contribution is 9.10. The van der Waals surface area contributed by atoms with Crippen LogP contribution in [-0.2, 0) is 10.0 Å². The highest BCUT2D eigenvalue weighted by atomic mass is 79.9. The summed E-state index contributed by atoms with van der Waals surface area (Å²) in [6.07, 6.45) is 0. The van der Waals surface area contributed by atoms with Gasteiger partial charge in [0.15, 0.2) is 0 Å². The summed E-state index contributed by atoms with van der Waals surface area (Å²) in [5, 5.41) is 8.14. The molecule has 0 heterocycles. The Morgan fingerprint density at radius 3 is 2.47 bits per heavy atom. The number of anilines is 1. The number of hydrogen-bond acceptors (Lipinski definition) is 3. The summed E-state index contributed by atoms with van der Waals surface area (Å²) in [5.74, 6) is 0. The molecular formula is C9H13BrN2O2S. The molecule has 6 heteroatoms. The van der Waals surface area contributed by atoms with Gasteiger partial charge in [-0.05, 0) is 32.0 Å². The average molecular weight is 293 g/mol. The topological polar surface area (TPSA) is 72.2 Å². The number of halogens is 1. The van der Waals surface area contributed by atoms with Crippen LogP contribution in [0.25, 0.3) is 0 Å². The molecule has 0 aromatic heterocycles. The van der Waals surface area contributed by atoms with E-state index < -0.39 is 10.0 Å². The molecule has 15 heavy (non-hydrogen) atoms. The number of hydrogen-bond donors (Lipinski definition) is 2. The fourth-order valence-electron chi connectivity index (χ4n) is 1.16. The summed E-state index contributed by atoms with van der Waals surface area (Å²) < 4.78 is 23.3. The van der Waals surface area contributed by atoms with E-state index in [4.69, 9.17) is 5.14 Å². The molecule has 3 N–H and O–H groups in total. The molecule has 0 aliphatic rings. The maximum absolute atomic E-state index is 11.3. The van der Waals surface area contributed by atoms with E-state index in [9.17, 15) is 8.42 Å². The second-order valence-electron chi connectivity index (χ2n) is 3.48. The fraction of sp³-hybridized carbons (Fsp3) is 0.333. The number of rotatable bonds is 3. The van der Waals surface area contributed by atoms with Crippen LogP contribution in [0.5, 0.6) is 0 Å². The molecule has 0 amide bonds. The molecular weight excluding hydrogens is 280 g/mol. The van der Waals surface area contributed by atoms with E-state index >= 15 is 0 Å². The molecule has 0 fully saturated rings. The van der Waals surface area contributed by atoms with E-state index in [2.05, 4.69) is 21.2 Å². The highest BCUT2D eigenvalue weighted by Crippen LogP contribution is 2.24. The lowest BCUT2D eigenvalue weighted by Gasteiger charge is -2.13. The molecule has 0 aliphatic heterocycles. The second-order valence-corrected chi connectivity index (χ2v) is 5.93. The van der Waals surface area contributed by atoms with Gasteiger partial charge in [-0.15, -0.1) is 0 Å². The van der Waals surface area contributed by atoms with Crippen LogP contribution in [0.3, 0.4) is 0 Å². The molecule has 4 nitrogen and oxygen atoms in total. The van der Waals surface area contributed by atoms with Crippen LogP contribution in [0, 0.1) is 0 Å². The molecule has 0 spiro atoms. The molecule has 0 bridgehead atoms. The summed E-state index contributed by atoms with van der Waals surface area (Å²) >= 11 is 3.21. The lowest BCUT2D eigenvalue weighted by atomic mass is 10.3. The molecule has 1 rings (SSSR count). The van der Waals surface area contributed by atoms with Gasteiger partial charge >= 0.3 is 0 Å². The predicted molar refractivity (Wildman–Crippen MR) is 64.3 cm³/mol. The highest BCUT2D eigenvalue weighted by Gasteiger charge is 2.14. The Balaban J connectivity index is 3.27. The minimum atomic E-state index is -3.69. The third-order valence-electron chi connectivity index (χ3n) is 1.69. The van der Waals surface area contributed by atoms with Crippen LogP contribution in [0.2, 0.25) is 0 Å². The number of benzene rings is 1.